The molecular formula is C25H29N2O2S2+. The molecule has 2 heterocycles. The van der Waals surface area contributed by atoms with Gasteiger partial charge in [0.2, 0.25) is 5.52 Å². The third kappa shape index (κ3) is 4.46. The van der Waals surface area contributed by atoms with Crippen LogP contribution in [0.15, 0.2) is 58.5 Å². The molecule has 2 aromatic carbocycles. The molecule has 4 nitrogen and oxygen atoms in total. The van der Waals surface area contributed by atoms with Crippen molar-refractivity contribution in [3.05, 3.63) is 58.6 Å². The van der Waals surface area contributed by atoms with E-state index in [0.717, 1.165) is 24.6 Å². The highest BCUT2D eigenvalue weighted by atomic mass is 32.2. The highest BCUT2D eigenvalue weighted by Gasteiger charge is 2.24. The molecule has 0 unspecified atom stereocenters. The van der Waals surface area contributed by atoms with Gasteiger partial charge in [0, 0.05) is 29.6 Å². The Morgan fingerprint density at radius 3 is 2.42 bits per heavy atom. The van der Waals surface area contributed by atoms with E-state index in [9.17, 15) is 0 Å². The average molecular weight is 454 g/mol. The fraction of sp³-hybridized carbons (Fsp3) is 0.320. The monoisotopic (exact) mass is 453 g/mol. The molecule has 0 amide bonds. The summed E-state index contributed by atoms with van der Waals surface area (Å²) in [6.45, 7) is 11.7. The normalized spacial score (nSPS) is 14.7. The SMILES string of the molecule is CCOc1ccc2c(c1)S/C(=C/C=C/c1sc3cc(OCC)ccc3[n+]1CC)N2CC. The smallest absolute Gasteiger partial charge is 0.262 e. The number of hydrogen-bond donors (Lipinski definition) is 0. The van der Waals surface area contributed by atoms with Crippen molar-refractivity contribution in [2.45, 2.75) is 39.1 Å². The van der Waals surface area contributed by atoms with Crippen molar-refractivity contribution >= 4 is 45.1 Å². The van der Waals surface area contributed by atoms with E-state index < -0.39 is 0 Å². The first-order chi connectivity index (χ1) is 15.2. The lowest BCUT2D eigenvalue weighted by Crippen LogP contribution is -2.33. The minimum absolute atomic E-state index is 0.686. The van der Waals surface area contributed by atoms with Gasteiger partial charge in [-0.2, -0.15) is 4.57 Å². The van der Waals surface area contributed by atoms with Gasteiger partial charge >= 0.3 is 0 Å². The summed E-state index contributed by atoms with van der Waals surface area (Å²) in [6.07, 6.45) is 6.59. The van der Waals surface area contributed by atoms with E-state index in [4.69, 9.17) is 9.47 Å². The maximum absolute atomic E-state index is 5.68. The lowest BCUT2D eigenvalue weighted by molar-refractivity contribution is -0.665. The van der Waals surface area contributed by atoms with Crippen LogP contribution < -0.4 is 18.9 Å². The quantitative estimate of drug-likeness (QED) is 0.364. The van der Waals surface area contributed by atoms with Crippen LogP contribution in [0.1, 0.15) is 32.7 Å². The van der Waals surface area contributed by atoms with Crippen LogP contribution >= 0.6 is 23.1 Å². The molecule has 0 saturated carbocycles. The molecule has 0 aliphatic carbocycles. The molecule has 0 fully saturated rings. The van der Waals surface area contributed by atoms with Crippen LogP contribution in [0, 0.1) is 0 Å². The zero-order valence-electron chi connectivity index (χ0n) is 18.6. The number of aryl methyl sites for hydroxylation is 1. The number of nitrogens with zero attached hydrogens (tertiary/aromatic N) is 2. The molecule has 1 aromatic heterocycles. The van der Waals surface area contributed by atoms with Crippen molar-refractivity contribution in [3.8, 4) is 11.5 Å². The average Bonchev–Trinajstić information content (AvgIpc) is 3.30. The fourth-order valence-electron chi connectivity index (χ4n) is 3.80. The minimum atomic E-state index is 0.686. The maximum atomic E-state index is 5.68. The second kappa shape index (κ2) is 9.79. The van der Waals surface area contributed by atoms with Crippen molar-refractivity contribution in [1.29, 1.82) is 0 Å². The van der Waals surface area contributed by atoms with Crippen molar-refractivity contribution in [2.24, 2.45) is 0 Å². The Bertz CT molecular complexity index is 1130. The summed E-state index contributed by atoms with van der Waals surface area (Å²) in [5.41, 5.74) is 2.51. The predicted octanol–water partition coefficient (Wildman–Crippen LogP) is 6.49. The first-order valence-corrected chi connectivity index (χ1v) is 12.5. The summed E-state index contributed by atoms with van der Waals surface area (Å²) in [5.74, 6) is 1.87. The number of fused-ring (bicyclic) bond motifs is 2. The zero-order valence-corrected chi connectivity index (χ0v) is 20.2. The first kappa shape index (κ1) is 21.8. The van der Waals surface area contributed by atoms with Gasteiger partial charge in [-0.25, -0.2) is 0 Å². The summed E-state index contributed by atoms with van der Waals surface area (Å²) in [4.78, 5) is 3.61. The maximum Gasteiger partial charge on any atom is 0.262 e. The highest BCUT2D eigenvalue weighted by molar-refractivity contribution is 8.03. The molecule has 6 heteroatoms. The Balaban J connectivity index is 1.60. The zero-order chi connectivity index (χ0) is 21.8. The highest BCUT2D eigenvalue weighted by Crippen LogP contribution is 2.47. The molecule has 4 rings (SSSR count). The summed E-state index contributed by atoms with van der Waals surface area (Å²) in [7, 11) is 0. The van der Waals surface area contributed by atoms with Gasteiger partial charge in [0.05, 0.1) is 23.9 Å². The standard InChI is InChI=1S/C25H29N2O2S2/c1-5-26-20-14-12-18(28-7-3)16-22(20)30-24(26)10-9-11-25-27(6-2)21-15-13-19(29-8-4)17-23(21)31-25/h9-17H,5-8H2,1-4H3/q+1. The van der Waals surface area contributed by atoms with E-state index in [1.54, 1.807) is 23.1 Å². The molecule has 0 bridgehead atoms. The first-order valence-electron chi connectivity index (χ1n) is 10.9. The molecule has 0 saturated heterocycles. The summed E-state index contributed by atoms with van der Waals surface area (Å²) < 4.78 is 15.0. The Labute approximate surface area is 192 Å². The molecule has 0 radical (unpaired) electrons. The molecule has 162 valence electrons. The fourth-order valence-corrected chi connectivity index (χ4v) is 6.13. The molecule has 1 aliphatic rings. The number of aromatic nitrogens is 1. The third-order valence-corrected chi connectivity index (χ3v) is 7.36. The van der Waals surface area contributed by atoms with Gasteiger partial charge < -0.3 is 14.4 Å². The van der Waals surface area contributed by atoms with Crippen molar-refractivity contribution in [3.63, 3.8) is 0 Å². The molecule has 1 aliphatic heterocycles. The van der Waals surface area contributed by atoms with Gasteiger partial charge in [0.1, 0.15) is 22.7 Å². The Morgan fingerprint density at radius 2 is 1.71 bits per heavy atom. The van der Waals surface area contributed by atoms with Gasteiger partial charge in [-0.3, -0.25) is 0 Å². The van der Waals surface area contributed by atoms with E-state index in [0.29, 0.717) is 13.2 Å². The van der Waals surface area contributed by atoms with Crippen LogP contribution in [-0.4, -0.2) is 19.8 Å². The molecular weight excluding hydrogens is 424 g/mol. The van der Waals surface area contributed by atoms with Gasteiger partial charge in [0.25, 0.3) is 5.01 Å². The molecule has 0 N–H and O–H groups in total. The van der Waals surface area contributed by atoms with Crippen molar-refractivity contribution < 1.29 is 14.0 Å². The Kier molecular flexibility index (Phi) is 6.88. The van der Waals surface area contributed by atoms with Crippen molar-refractivity contribution in [2.75, 3.05) is 24.7 Å². The largest absolute Gasteiger partial charge is 0.494 e. The predicted molar refractivity (Wildman–Crippen MR) is 132 cm³/mol. The molecule has 0 atom stereocenters. The number of thiazole rings is 1. The second-order valence-corrected chi connectivity index (χ2v) is 9.14. The Hall–Kier alpha value is -2.44. The van der Waals surface area contributed by atoms with Crippen LogP contribution in [0.3, 0.4) is 0 Å². The van der Waals surface area contributed by atoms with E-state index in [2.05, 4.69) is 77.9 Å². The van der Waals surface area contributed by atoms with Crippen LogP contribution in [0.2, 0.25) is 0 Å². The van der Waals surface area contributed by atoms with Gasteiger partial charge in [-0.05, 0) is 58.0 Å². The molecule has 31 heavy (non-hydrogen) atoms. The van der Waals surface area contributed by atoms with Crippen molar-refractivity contribution in [1.82, 2.24) is 0 Å². The Morgan fingerprint density at radius 1 is 0.968 bits per heavy atom. The summed E-state index contributed by atoms with van der Waals surface area (Å²) in [5, 5.41) is 2.48. The van der Waals surface area contributed by atoms with Crippen LogP contribution in [0.25, 0.3) is 16.3 Å². The summed E-state index contributed by atoms with van der Waals surface area (Å²) in [6, 6.07) is 12.7. The third-order valence-electron chi connectivity index (χ3n) is 5.14. The number of benzene rings is 2. The number of hydrogen-bond acceptors (Lipinski definition) is 5. The number of anilines is 1. The van der Waals surface area contributed by atoms with Crippen LogP contribution in [0.5, 0.6) is 11.5 Å². The second-order valence-electron chi connectivity index (χ2n) is 7.02. The topological polar surface area (TPSA) is 25.6 Å². The number of rotatable bonds is 8. The molecule has 3 aromatic rings. The van der Waals surface area contributed by atoms with Gasteiger partial charge in [-0.1, -0.05) is 29.2 Å². The van der Waals surface area contributed by atoms with Gasteiger partial charge in [-0.15, -0.1) is 0 Å². The number of thioether (sulfide) groups is 1. The van der Waals surface area contributed by atoms with Crippen LogP contribution in [0.4, 0.5) is 5.69 Å². The van der Waals surface area contributed by atoms with E-state index >= 15 is 0 Å². The molecule has 0 spiro atoms. The minimum Gasteiger partial charge on any atom is -0.494 e. The number of allylic oxidation sites excluding steroid dienone is 2. The van der Waals surface area contributed by atoms with Gasteiger partial charge in [0.15, 0.2) is 0 Å². The number of ether oxygens (including phenoxy) is 2. The van der Waals surface area contributed by atoms with E-state index in [1.165, 1.54) is 30.8 Å². The lowest BCUT2D eigenvalue weighted by Gasteiger charge is -2.17. The summed E-state index contributed by atoms with van der Waals surface area (Å²) >= 11 is 3.60. The van der Waals surface area contributed by atoms with E-state index in [1.807, 2.05) is 13.8 Å². The van der Waals surface area contributed by atoms with Crippen LogP contribution in [-0.2, 0) is 6.54 Å². The van der Waals surface area contributed by atoms with E-state index in [-0.39, 0.29) is 0 Å². The lowest BCUT2D eigenvalue weighted by atomic mass is 10.2.